The lowest BCUT2D eigenvalue weighted by Crippen LogP contribution is -2.33. The fourth-order valence-corrected chi connectivity index (χ4v) is 3.00. The molecule has 0 saturated heterocycles. The minimum absolute atomic E-state index is 0.249. The molecule has 0 bridgehead atoms. The molecular weight excluding hydrogens is 246 g/mol. The number of rotatable bonds is 2. The van der Waals surface area contributed by atoms with Gasteiger partial charge in [-0.05, 0) is 23.8 Å². The van der Waals surface area contributed by atoms with Gasteiger partial charge < -0.3 is 9.30 Å². The third kappa shape index (κ3) is 1.73. The molecule has 3 rings (SSSR count). The van der Waals surface area contributed by atoms with Crippen molar-refractivity contribution in [2.45, 2.75) is 13.5 Å². The molecule has 0 saturated carbocycles. The number of thioether (sulfide) groups is 1. The van der Waals surface area contributed by atoms with Gasteiger partial charge in [0.25, 0.3) is 0 Å². The maximum Gasteiger partial charge on any atom is 0.339 e. The van der Waals surface area contributed by atoms with Crippen LogP contribution in [0.25, 0.3) is 11.0 Å². The van der Waals surface area contributed by atoms with Crippen LogP contribution in [0.5, 0.6) is 0 Å². The van der Waals surface area contributed by atoms with Crippen LogP contribution in [0.1, 0.15) is 6.92 Å². The van der Waals surface area contributed by atoms with Gasteiger partial charge in [0, 0.05) is 23.5 Å². The van der Waals surface area contributed by atoms with Crippen molar-refractivity contribution in [1.82, 2.24) is 4.57 Å². The second-order valence-electron chi connectivity index (χ2n) is 4.09. The average Bonchev–Trinajstić information content (AvgIpc) is 2.68. The molecule has 0 fully saturated rings. The molecular formula is C14H13NO2S. The number of hydrogen-bond acceptors (Lipinski definition) is 3. The van der Waals surface area contributed by atoms with Gasteiger partial charge in [-0.3, -0.25) is 0 Å². The summed E-state index contributed by atoms with van der Waals surface area (Å²) in [5, 5.41) is 6.21. The molecule has 18 heavy (non-hydrogen) atoms. The topological polar surface area (TPSA) is 31.2 Å². The maximum absolute atomic E-state index is 12.0. The molecule has 4 heteroatoms. The summed E-state index contributed by atoms with van der Waals surface area (Å²) < 4.78 is 7.28. The van der Waals surface area contributed by atoms with Crippen molar-refractivity contribution in [2.75, 3.05) is 6.61 Å². The zero-order valence-electron chi connectivity index (χ0n) is 10.1. The Morgan fingerprint density at radius 1 is 1.50 bits per heavy atom. The standard InChI is InChI=1S/C14H13NO2S/c1-2-17-14(16)12-9-18-8-10-5-7-15-6-3-4-11(12)13(10)15/h3-5,7-9H,2,6H2,1H3. The largest absolute Gasteiger partial charge is 0.462 e. The van der Waals surface area contributed by atoms with Crippen molar-refractivity contribution < 1.29 is 9.53 Å². The second-order valence-corrected chi connectivity index (χ2v) is 4.84. The highest BCUT2D eigenvalue weighted by molar-refractivity contribution is 8.09. The zero-order chi connectivity index (χ0) is 12.5. The van der Waals surface area contributed by atoms with Crippen LogP contribution in [0.3, 0.4) is 0 Å². The normalized spacial score (nSPS) is 16.5. The van der Waals surface area contributed by atoms with E-state index in [0.29, 0.717) is 12.2 Å². The SMILES string of the molecule is CCOC(=O)C1=CSC=c2ccn3c2=C1C=CC3. The number of aromatic nitrogens is 1. The van der Waals surface area contributed by atoms with E-state index in [-0.39, 0.29) is 5.97 Å². The van der Waals surface area contributed by atoms with E-state index >= 15 is 0 Å². The van der Waals surface area contributed by atoms with Crippen molar-refractivity contribution in [3.05, 3.63) is 46.0 Å². The number of ether oxygens (including phenoxy) is 1. The molecule has 3 heterocycles. The first-order valence-corrected chi connectivity index (χ1v) is 6.85. The second kappa shape index (κ2) is 4.53. The summed E-state index contributed by atoms with van der Waals surface area (Å²) in [4.78, 5) is 12.0. The summed E-state index contributed by atoms with van der Waals surface area (Å²) in [5.41, 5.74) is 1.61. The highest BCUT2D eigenvalue weighted by atomic mass is 32.2. The Bertz CT molecular complexity index is 679. The molecule has 0 spiro atoms. The third-order valence-corrected chi connectivity index (χ3v) is 3.76. The molecule has 92 valence electrons. The summed E-state index contributed by atoms with van der Waals surface area (Å²) in [7, 11) is 0. The molecule has 0 aliphatic carbocycles. The van der Waals surface area contributed by atoms with E-state index in [1.54, 1.807) is 0 Å². The first kappa shape index (κ1) is 11.4. The summed E-state index contributed by atoms with van der Waals surface area (Å²) >= 11 is 1.53. The van der Waals surface area contributed by atoms with E-state index < -0.39 is 0 Å². The van der Waals surface area contributed by atoms with Crippen LogP contribution in [0.4, 0.5) is 0 Å². The van der Waals surface area contributed by atoms with E-state index in [4.69, 9.17) is 4.74 Å². The van der Waals surface area contributed by atoms with Crippen LogP contribution in [-0.2, 0) is 16.1 Å². The number of carbonyl (C=O) groups excluding carboxylic acids is 1. The van der Waals surface area contributed by atoms with Gasteiger partial charge in [0.1, 0.15) is 0 Å². The highest BCUT2D eigenvalue weighted by Gasteiger charge is 2.19. The highest BCUT2D eigenvalue weighted by Crippen LogP contribution is 2.22. The minimum atomic E-state index is -0.249. The Balaban J connectivity index is 2.22. The van der Waals surface area contributed by atoms with Gasteiger partial charge in [-0.15, -0.1) is 11.8 Å². The fraction of sp³-hybridized carbons (Fsp3) is 0.214. The number of allylic oxidation sites excluding steroid dienone is 2. The van der Waals surface area contributed by atoms with Crippen LogP contribution in [0.15, 0.2) is 35.4 Å². The smallest absolute Gasteiger partial charge is 0.339 e. The molecule has 0 unspecified atom stereocenters. The Labute approximate surface area is 109 Å². The van der Waals surface area contributed by atoms with E-state index in [2.05, 4.69) is 28.3 Å². The molecule has 0 radical (unpaired) electrons. The van der Waals surface area contributed by atoms with Crippen LogP contribution >= 0.6 is 11.8 Å². The van der Waals surface area contributed by atoms with Gasteiger partial charge in [-0.2, -0.15) is 0 Å². The van der Waals surface area contributed by atoms with Crippen LogP contribution in [0, 0.1) is 0 Å². The van der Waals surface area contributed by atoms with E-state index in [0.717, 1.165) is 22.7 Å². The van der Waals surface area contributed by atoms with Crippen molar-refractivity contribution in [3.63, 3.8) is 0 Å². The predicted octanol–water partition coefficient (Wildman–Crippen LogP) is 1.14. The number of hydrogen-bond donors (Lipinski definition) is 0. The number of esters is 1. The lowest BCUT2D eigenvalue weighted by atomic mass is 10.0. The Morgan fingerprint density at radius 3 is 3.22 bits per heavy atom. The number of carbonyl (C=O) groups is 1. The maximum atomic E-state index is 12.0. The molecule has 0 amide bonds. The number of nitrogens with zero attached hydrogens (tertiary/aromatic N) is 1. The third-order valence-electron chi connectivity index (χ3n) is 3.00. The minimum Gasteiger partial charge on any atom is -0.462 e. The zero-order valence-corrected chi connectivity index (χ0v) is 10.9. The predicted molar refractivity (Wildman–Crippen MR) is 73.0 cm³/mol. The Kier molecular flexibility index (Phi) is 2.88. The summed E-state index contributed by atoms with van der Waals surface area (Å²) in [6.07, 6.45) is 6.13. The van der Waals surface area contributed by atoms with Crippen LogP contribution < -0.4 is 10.6 Å². The molecule has 1 aromatic rings. The Hall–Kier alpha value is -1.68. The quantitative estimate of drug-likeness (QED) is 0.746. The first-order valence-electron chi connectivity index (χ1n) is 5.90. The van der Waals surface area contributed by atoms with E-state index in [1.165, 1.54) is 11.8 Å². The monoisotopic (exact) mass is 259 g/mol. The summed E-state index contributed by atoms with van der Waals surface area (Å²) in [5.74, 6) is -0.249. The van der Waals surface area contributed by atoms with Gasteiger partial charge in [0.05, 0.1) is 17.5 Å². The van der Waals surface area contributed by atoms with Crippen molar-refractivity contribution in [3.8, 4) is 0 Å². The van der Waals surface area contributed by atoms with Gasteiger partial charge in [-0.1, -0.05) is 12.2 Å². The van der Waals surface area contributed by atoms with Crippen molar-refractivity contribution in [1.29, 1.82) is 0 Å². The lowest BCUT2D eigenvalue weighted by molar-refractivity contribution is -0.137. The molecule has 3 nitrogen and oxygen atoms in total. The Morgan fingerprint density at radius 2 is 2.39 bits per heavy atom. The van der Waals surface area contributed by atoms with E-state index in [9.17, 15) is 4.79 Å². The fourth-order valence-electron chi connectivity index (χ4n) is 2.23. The van der Waals surface area contributed by atoms with Crippen molar-refractivity contribution >= 4 is 28.7 Å². The molecule has 0 atom stereocenters. The molecule has 2 aliphatic rings. The molecule has 1 aromatic heterocycles. The first-order chi connectivity index (χ1) is 8.81. The van der Waals surface area contributed by atoms with Crippen LogP contribution in [0.2, 0.25) is 0 Å². The molecule has 2 aliphatic heterocycles. The van der Waals surface area contributed by atoms with Gasteiger partial charge in [0.15, 0.2) is 0 Å². The average molecular weight is 259 g/mol. The molecule has 0 N–H and O–H groups in total. The van der Waals surface area contributed by atoms with Gasteiger partial charge in [0.2, 0.25) is 0 Å². The van der Waals surface area contributed by atoms with Crippen LogP contribution in [-0.4, -0.2) is 17.1 Å². The van der Waals surface area contributed by atoms with E-state index in [1.807, 2.05) is 18.4 Å². The van der Waals surface area contributed by atoms with Crippen molar-refractivity contribution in [2.24, 2.45) is 0 Å². The lowest BCUT2D eigenvalue weighted by Gasteiger charge is -2.12. The summed E-state index contributed by atoms with van der Waals surface area (Å²) in [6.45, 7) is 3.08. The molecule has 0 aromatic carbocycles. The van der Waals surface area contributed by atoms with Gasteiger partial charge in [-0.25, -0.2) is 4.79 Å². The van der Waals surface area contributed by atoms with Gasteiger partial charge >= 0.3 is 5.97 Å². The summed E-state index contributed by atoms with van der Waals surface area (Å²) in [6, 6.07) is 2.08.